The Hall–Kier alpha value is -2.75. The molecule has 0 aliphatic rings. The summed E-state index contributed by atoms with van der Waals surface area (Å²) in [5, 5.41) is 31.4. The normalized spacial score (nSPS) is 11.0. The molecule has 0 unspecified atom stereocenters. The second kappa shape index (κ2) is 6.35. The minimum atomic E-state index is -0.691. The highest BCUT2D eigenvalue weighted by atomic mass is 32.1. The van der Waals surface area contributed by atoms with Crippen molar-refractivity contribution in [3.8, 4) is 11.5 Å². The Kier molecular flexibility index (Phi) is 4.51. The van der Waals surface area contributed by atoms with E-state index in [0.29, 0.717) is 16.2 Å². The maximum Gasteiger partial charge on any atom is 0.315 e. The molecular weight excluding hydrogens is 310 g/mol. The summed E-state index contributed by atoms with van der Waals surface area (Å²) in [7, 11) is 0. The van der Waals surface area contributed by atoms with Gasteiger partial charge in [0.15, 0.2) is 5.75 Å². The zero-order valence-electron chi connectivity index (χ0n) is 11.8. The summed E-state index contributed by atoms with van der Waals surface area (Å²) < 4.78 is 6.86. The topological polar surface area (TPSA) is 119 Å². The highest BCUT2D eigenvalue weighted by Crippen LogP contribution is 2.36. The molecule has 22 heavy (non-hydrogen) atoms. The maximum atomic E-state index is 11.0. The number of phenolic OH excluding ortho intramolecular Hbond substituents is 1. The van der Waals surface area contributed by atoms with Crippen molar-refractivity contribution in [1.82, 2.24) is 14.9 Å². The van der Waals surface area contributed by atoms with Crippen LogP contribution < -0.4 is 4.74 Å². The van der Waals surface area contributed by atoms with Crippen molar-refractivity contribution < 1.29 is 14.8 Å². The third-order valence-corrected chi connectivity index (χ3v) is 2.97. The molecule has 0 atom stereocenters. The zero-order valence-corrected chi connectivity index (χ0v) is 12.6. The van der Waals surface area contributed by atoms with Gasteiger partial charge in [-0.25, -0.2) is 0 Å². The lowest BCUT2D eigenvalue weighted by molar-refractivity contribution is -0.386. The molecule has 1 heterocycles. The Labute approximate surface area is 130 Å². The first-order valence-electron chi connectivity index (χ1n) is 6.26. The minimum Gasteiger partial charge on any atom is -0.500 e. The molecule has 1 aromatic heterocycles. The number of aromatic nitrogens is 3. The number of aromatic amines is 1. The Morgan fingerprint density at radius 2 is 2.36 bits per heavy atom. The SMILES string of the molecule is CCOc1cc(/C=N\n2c(C)n[nH]c2=S)cc([N+](=O)[O-])c1O. The molecule has 0 spiro atoms. The number of nitrogens with one attached hydrogen (secondary N) is 1. The van der Waals surface area contributed by atoms with E-state index in [1.807, 2.05) is 0 Å². The first-order chi connectivity index (χ1) is 10.4. The molecule has 116 valence electrons. The van der Waals surface area contributed by atoms with Gasteiger partial charge in [0.2, 0.25) is 10.5 Å². The predicted molar refractivity (Wildman–Crippen MR) is 81.1 cm³/mol. The fourth-order valence-electron chi connectivity index (χ4n) is 1.72. The van der Waals surface area contributed by atoms with Gasteiger partial charge in [-0.05, 0) is 32.1 Å². The molecule has 0 aliphatic heterocycles. The van der Waals surface area contributed by atoms with Crippen LogP contribution in [0.5, 0.6) is 11.5 Å². The Balaban J connectivity index is 2.47. The number of H-pyrrole nitrogens is 1. The van der Waals surface area contributed by atoms with Crippen molar-refractivity contribution in [3.05, 3.63) is 38.4 Å². The first-order valence-corrected chi connectivity index (χ1v) is 6.67. The number of benzene rings is 1. The van der Waals surface area contributed by atoms with Gasteiger partial charge in [0.25, 0.3) is 0 Å². The van der Waals surface area contributed by atoms with E-state index in [1.165, 1.54) is 23.0 Å². The number of nitro groups is 1. The van der Waals surface area contributed by atoms with Crippen LogP contribution in [0.25, 0.3) is 0 Å². The van der Waals surface area contributed by atoms with Gasteiger partial charge in [-0.2, -0.15) is 14.9 Å². The third-order valence-electron chi connectivity index (χ3n) is 2.71. The van der Waals surface area contributed by atoms with E-state index < -0.39 is 16.4 Å². The van der Waals surface area contributed by atoms with Crippen molar-refractivity contribution in [2.75, 3.05) is 6.61 Å². The van der Waals surface area contributed by atoms with Crippen molar-refractivity contribution >= 4 is 24.1 Å². The fourth-order valence-corrected chi connectivity index (χ4v) is 1.95. The summed E-state index contributed by atoms with van der Waals surface area (Å²) in [5.74, 6) is 0.0466. The Morgan fingerprint density at radius 1 is 1.64 bits per heavy atom. The molecule has 1 aromatic carbocycles. The van der Waals surface area contributed by atoms with E-state index in [9.17, 15) is 15.2 Å². The number of rotatable bonds is 5. The molecule has 0 aliphatic carbocycles. The number of nitrogens with zero attached hydrogens (tertiary/aromatic N) is 4. The molecular formula is C12H13N5O4S. The molecule has 0 saturated heterocycles. The van der Waals surface area contributed by atoms with Crippen LogP contribution in [-0.4, -0.2) is 37.7 Å². The number of aromatic hydroxyl groups is 1. The van der Waals surface area contributed by atoms with Gasteiger partial charge in [-0.15, -0.1) is 0 Å². The summed E-state index contributed by atoms with van der Waals surface area (Å²) >= 11 is 5.00. The van der Waals surface area contributed by atoms with E-state index in [0.717, 1.165) is 0 Å². The largest absolute Gasteiger partial charge is 0.500 e. The van der Waals surface area contributed by atoms with Crippen LogP contribution in [0.15, 0.2) is 17.2 Å². The van der Waals surface area contributed by atoms with E-state index in [2.05, 4.69) is 15.3 Å². The van der Waals surface area contributed by atoms with Crippen LogP contribution in [0.4, 0.5) is 5.69 Å². The average molecular weight is 323 g/mol. The quantitative estimate of drug-likeness (QED) is 0.376. The Bertz CT molecular complexity index is 795. The summed E-state index contributed by atoms with van der Waals surface area (Å²) in [6, 6.07) is 2.65. The van der Waals surface area contributed by atoms with Crippen LogP contribution in [0.2, 0.25) is 0 Å². The summed E-state index contributed by atoms with van der Waals surface area (Å²) in [6.45, 7) is 3.67. The number of nitro benzene ring substituents is 1. The zero-order chi connectivity index (χ0) is 16.3. The molecule has 2 N–H and O–H groups in total. The van der Waals surface area contributed by atoms with E-state index in [4.69, 9.17) is 17.0 Å². The second-order valence-corrected chi connectivity index (χ2v) is 4.60. The van der Waals surface area contributed by atoms with Crippen LogP contribution in [0, 0.1) is 21.8 Å². The Morgan fingerprint density at radius 3 is 2.91 bits per heavy atom. The van der Waals surface area contributed by atoms with Gasteiger partial charge >= 0.3 is 5.69 Å². The molecule has 0 fully saturated rings. The highest BCUT2D eigenvalue weighted by Gasteiger charge is 2.19. The average Bonchev–Trinajstić information content (AvgIpc) is 2.78. The van der Waals surface area contributed by atoms with Crippen LogP contribution >= 0.6 is 12.2 Å². The van der Waals surface area contributed by atoms with E-state index in [1.54, 1.807) is 13.8 Å². The lowest BCUT2D eigenvalue weighted by Crippen LogP contribution is -1.99. The van der Waals surface area contributed by atoms with Crippen molar-refractivity contribution in [1.29, 1.82) is 0 Å². The molecule has 0 radical (unpaired) electrons. The summed E-state index contributed by atoms with van der Waals surface area (Å²) in [4.78, 5) is 10.3. The minimum absolute atomic E-state index is 0.0191. The van der Waals surface area contributed by atoms with Crippen molar-refractivity contribution in [2.24, 2.45) is 5.10 Å². The summed E-state index contributed by atoms with van der Waals surface area (Å²) in [6.07, 6.45) is 1.37. The van der Waals surface area contributed by atoms with Crippen LogP contribution in [0.1, 0.15) is 18.3 Å². The van der Waals surface area contributed by atoms with Gasteiger partial charge in [0.1, 0.15) is 5.82 Å². The number of aryl methyl sites for hydroxylation is 1. The molecule has 0 amide bonds. The number of hydrogen-bond donors (Lipinski definition) is 2. The van der Waals surface area contributed by atoms with Crippen molar-refractivity contribution in [2.45, 2.75) is 13.8 Å². The standard InChI is InChI=1S/C12H13N5O4S/c1-3-21-10-5-8(4-9(11(10)18)17(19)20)6-13-16-7(2)14-15-12(16)22/h4-6,18H,3H2,1-2H3,(H,15,22)/b13-6-. The van der Waals surface area contributed by atoms with Gasteiger partial charge in [0, 0.05) is 11.6 Å². The van der Waals surface area contributed by atoms with E-state index in [-0.39, 0.29) is 12.4 Å². The number of ether oxygens (including phenoxy) is 1. The van der Waals surface area contributed by atoms with Crippen LogP contribution in [-0.2, 0) is 0 Å². The van der Waals surface area contributed by atoms with Gasteiger partial charge in [0.05, 0.1) is 17.7 Å². The van der Waals surface area contributed by atoms with E-state index >= 15 is 0 Å². The second-order valence-electron chi connectivity index (χ2n) is 4.21. The molecule has 9 nitrogen and oxygen atoms in total. The smallest absolute Gasteiger partial charge is 0.315 e. The lowest BCUT2D eigenvalue weighted by Gasteiger charge is -2.07. The number of phenols is 1. The predicted octanol–water partition coefficient (Wildman–Crippen LogP) is 2.14. The molecule has 0 saturated carbocycles. The highest BCUT2D eigenvalue weighted by molar-refractivity contribution is 7.71. The van der Waals surface area contributed by atoms with Crippen molar-refractivity contribution in [3.63, 3.8) is 0 Å². The molecule has 0 bridgehead atoms. The van der Waals surface area contributed by atoms with Gasteiger partial charge in [-0.1, -0.05) is 0 Å². The summed E-state index contributed by atoms with van der Waals surface area (Å²) in [5.41, 5.74) is -0.0737. The van der Waals surface area contributed by atoms with Crippen LogP contribution in [0.3, 0.4) is 0 Å². The number of hydrogen-bond acceptors (Lipinski definition) is 7. The lowest BCUT2D eigenvalue weighted by atomic mass is 10.2. The van der Waals surface area contributed by atoms with Gasteiger partial charge < -0.3 is 9.84 Å². The molecule has 2 aromatic rings. The van der Waals surface area contributed by atoms with Gasteiger partial charge in [-0.3, -0.25) is 15.2 Å². The maximum absolute atomic E-state index is 11.0. The molecule has 10 heteroatoms. The first kappa shape index (κ1) is 15.6. The monoisotopic (exact) mass is 323 g/mol. The third kappa shape index (κ3) is 3.11. The fraction of sp³-hybridized carbons (Fsp3) is 0.250. The molecule has 2 rings (SSSR count).